The minimum absolute atomic E-state index is 0.131. The number of amides is 1. The second kappa shape index (κ2) is 9.02. The van der Waals surface area contributed by atoms with Gasteiger partial charge < -0.3 is 26.0 Å². The van der Waals surface area contributed by atoms with Crippen LogP contribution in [-0.4, -0.2) is 29.0 Å². The molecule has 2 aromatic carbocycles. The molecule has 24 heavy (non-hydrogen) atoms. The number of hydrogen-bond acceptors (Lipinski definition) is 5. The van der Waals surface area contributed by atoms with Gasteiger partial charge in [-0.2, -0.15) is 0 Å². The van der Waals surface area contributed by atoms with E-state index in [1.54, 1.807) is 18.2 Å². The van der Waals surface area contributed by atoms with E-state index in [1.807, 2.05) is 36.4 Å². The van der Waals surface area contributed by atoms with E-state index in [9.17, 15) is 15.0 Å². The highest BCUT2D eigenvalue weighted by molar-refractivity contribution is 5.67. The Balaban J connectivity index is 1.81. The number of benzene rings is 2. The lowest BCUT2D eigenvalue weighted by molar-refractivity contribution is 0.0179. The van der Waals surface area contributed by atoms with E-state index < -0.39 is 18.3 Å². The second-order valence-corrected chi connectivity index (χ2v) is 5.36. The minimum Gasteiger partial charge on any atom is -0.445 e. The van der Waals surface area contributed by atoms with Crippen molar-refractivity contribution >= 4 is 6.09 Å². The molecule has 6 heteroatoms. The highest BCUT2D eigenvalue weighted by Crippen LogP contribution is 2.20. The fourth-order valence-corrected chi connectivity index (χ4v) is 2.29. The second-order valence-electron chi connectivity index (χ2n) is 5.36. The summed E-state index contributed by atoms with van der Waals surface area (Å²) in [7, 11) is 0. The summed E-state index contributed by atoms with van der Waals surface area (Å²) in [6.45, 7) is 0.265. The molecule has 0 bridgehead atoms. The van der Waals surface area contributed by atoms with E-state index in [2.05, 4.69) is 5.32 Å². The van der Waals surface area contributed by atoms with Crippen LogP contribution < -0.4 is 11.1 Å². The molecule has 0 radical (unpaired) electrons. The average molecular weight is 330 g/mol. The monoisotopic (exact) mass is 330 g/mol. The van der Waals surface area contributed by atoms with Gasteiger partial charge in [-0.3, -0.25) is 0 Å². The number of aliphatic hydroxyl groups excluding tert-OH is 2. The van der Waals surface area contributed by atoms with Crippen LogP contribution in [0.2, 0.25) is 0 Å². The van der Waals surface area contributed by atoms with Crippen LogP contribution in [0, 0.1) is 0 Å². The summed E-state index contributed by atoms with van der Waals surface area (Å²) in [6, 6.07) is 16.3. The fourth-order valence-electron chi connectivity index (χ4n) is 2.29. The van der Waals surface area contributed by atoms with Gasteiger partial charge in [-0.05, 0) is 16.7 Å². The summed E-state index contributed by atoms with van der Waals surface area (Å²) in [5.41, 5.74) is 7.78. The van der Waals surface area contributed by atoms with Crippen LogP contribution in [0.25, 0.3) is 0 Å². The van der Waals surface area contributed by atoms with Gasteiger partial charge in [-0.1, -0.05) is 54.6 Å². The standard InChI is InChI=1S/C18H22N2O4/c19-10-14-8-4-5-9-15(14)17(22)16(21)11-20-18(23)24-12-13-6-2-1-3-7-13/h1-9,16-17,21-22H,10-12,19H2,(H,20,23). The Morgan fingerprint density at radius 2 is 1.75 bits per heavy atom. The Morgan fingerprint density at radius 1 is 1.08 bits per heavy atom. The predicted octanol–water partition coefficient (Wildman–Crippen LogP) is 1.47. The molecule has 2 aromatic rings. The zero-order chi connectivity index (χ0) is 17.4. The molecule has 0 heterocycles. The predicted molar refractivity (Wildman–Crippen MR) is 89.9 cm³/mol. The Kier molecular flexibility index (Phi) is 6.74. The van der Waals surface area contributed by atoms with Gasteiger partial charge in [0.1, 0.15) is 18.8 Å². The van der Waals surface area contributed by atoms with E-state index in [4.69, 9.17) is 10.5 Å². The third-order valence-electron chi connectivity index (χ3n) is 3.63. The molecule has 2 unspecified atom stereocenters. The zero-order valence-corrected chi connectivity index (χ0v) is 13.3. The lowest BCUT2D eigenvalue weighted by Gasteiger charge is -2.20. The number of aliphatic hydroxyl groups is 2. The third-order valence-corrected chi connectivity index (χ3v) is 3.63. The first-order valence-electron chi connectivity index (χ1n) is 7.70. The Hall–Kier alpha value is -2.41. The molecule has 0 aromatic heterocycles. The summed E-state index contributed by atoms with van der Waals surface area (Å²) in [5, 5.41) is 22.7. The topological polar surface area (TPSA) is 105 Å². The zero-order valence-electron chi connectivity index (χ0n) is 13.3. The van der Waals surface area contributed by atoms with Crippen molar-refractivity contribution in [1.82, 2.24) is 5.32 Å². The van der Waals surface area contributed by atoms with E-state index >= 15 is 0 Å². The molecule has 2 rings (SSSR count). The van der Waals surface area contributed by atoms with Crippen LogP contribution >= 0.6 is 0 Å². The molecule has 5 N–H and O–H groups in total. The molecule has 0 saturated carbocycles. The van der Waals surface area contributed by atoms with Gasteiger partial charge in [-0.15, -0.1) is 0 Å². The van der Waals surface area contributed by atoms with E-state index in [0.717, 1.165) is 11.1 Å². The number of ether oxygens (including phenoxy) is 1. The summed E-state index contributed by atoms with van der Waals surface area (Å²) in [6.07, 6.45) is -2.96. The quantitative estimate of drug-likeness (QED) is 0.615. The first-order valence-corrected chi connectivity index (χ1v) is 7.70. The first-order chi connectivity index (χ1) is 11.6. The number of alkyl carbamates (subject to hydrolysis) is 1. The van der Waals surface area contributed by atoms with Crippen molar-refractivity contribution in [1.29, 1.82) is 0 Å². The van der Waals surface area contributed by atoms with Crippen molar-refractivity contribution in [3.63, 3.8) is 0 Å². The van der Waals surface area contributed by atoms with Crippen LogP contribution in [0.5, 0.6) is 0 Å². The van der Waals surface area contributed by atoms with Crippen LogP contribution in [0.15, 0.2) is 54.6 Å². The average Bonchev–Trinajstić information content (AvgIpc) is 2.64. The molecule has 0 aliphatic carbocycles. The van der Waals surface area contributed by atoms with Crippen molar-refractivity contribution in [2.45, 2.75) is 25.4 Å². The van der Waals surface area contributed by atoms with Crippen molar-refractivity contribution in [2.75, 3.05) is 6.54 Å². The van der Waals surface area contributed by atoms with Gasteiger partial charge in [0.05, 0.1) is 0 Å². The van der Waals surface area contributed by atoms with E-state index in [1.165, 1.54) is 0 Å². The molecule has 0 saturated heterocycles. The molecule has 128 valence electrons. The van der Waals surface area contributed by atoms with Gasteiger partial charge in [0, 0.05) is 13.1 Å². The maximum atomic E-state index is 11.7. The van der Waals surface area contributed by atoms with Gasteiger partial charge in [0.15, 0.2) is 0 Å². The number of carbonyl (C=O) groups excluding carboxylic acids is 1. The van der Waals surface area contributed by atoms with Gasteiger partial charge in [0.2, 0.25) is 0 Å². The number of carbonyl (C=O) groups is 1. The highest BCUT2D eigenvalue weighted by atomic mass is 16.5. The largest absolute Gasteiger partial charge is 0.445 e. The molecule has 1 amide bonds. The summed E-state index contributed by atoms with van der Waals surface area (Å²) >= 11 is 0. The summed E-state index contributed by atoms with van der Waals surface area (Å²) in [5.74, 6) is 0. The normalized spacial score (nSPS) is 13.1. The number of rotatable bonds is 7. The van der Waals surface area contributed by atoms with Crippen LogP contribution in [0.3, 0.4) is 0 Å². The van der Waals surface area contributed by atoms with E-state index in [0.29, 0.717) is 5.56 Å². The number of hydrogen-bond donors (Lipinski definition) is 4. The lowest BCUT2D eigenvalue weighted by atomic mass is 9.98. The smallest absolute Gasteiger partial charge is 0.407 e. The molecule has 0 fully saturated rings. The molecule has 0 spiro atoms. The van der Waals surface area contributed by atoms with Crippen LogP contribution in [0.4, 0.5) is 4.79 Å². The molecule has 0 aliphatic rings. The maximum Gasteiger partial charge on any atom is 0.407 e. The van der Waals surface area contributed by atoms with Gasteiger partial charge in [0.25, 0.3) is 0 Å². The highest BCUT2D eigenvalue weighted by Gasteiger charge is 2.21. The van der Waals surface area contributed by atoms with Crippen LogP contribution in [-0.2, 0) is 17.9 Å². The maximum absolute atomic E-state index is 11.7. The van der Waals surface area contributed by atoms with Crippen molar-refractivity contribution < 1.29 is 19.7 Å². The van der Waals surface area contributed by atoms with Crippen molar-refractivity contribution in [3.8, 4) is 0 Å². The molecular weight excluding hydrogens is 308 g/mol. The Bertz CT molecular complexity index is 648. The molecule has 6 nitrogen and oxygen atoms in total. The molecular formula is C18H22N2O4. The van der Waals surface area contributed by atoms with Gasteiger partial charge >= 0.3 is 6.09 Å². The third kappa shape index (κ3) is 5.06. The van der Waals surface area contributed by atoms with Crippen molar-refractivity contribution in [2.24, 2.45) is 5.73 Å². The molecule has 0 aliphatic heterocycles. The van der Waals surface area contributed by atoms with Crippen molar-refractivity contribution in [3.05, 3.63) is 71.3 Å². The number of nitrogens with two attached hydrogens (primary N) is 1. The lowest BCUT2D eigenvalue weighted by Crippen LogP contribution is -2.36. The SMILES string of the molecule is NCc1ccccc1C(O)C(O)CNC(=O)OCc1ccccc1. The fraction of sp³-hybridized carbons (Fsp3) is 0.278. The summed E-state index contributed by atoms with van der Waals surface area (Å²) in [4.78, 5) is 11.7. The Morgan fingerprint density at radius 3 is 2.46 bits per heavy atom. The van der Waals surface area contributed by atoms with Crippen LogP contribution in [0.1, 0.15) is 22.8 Å². The Labute approximate surface area is 140 Å². The van der Waals surface area contributed by atoms with Gasteiger partial charge in [-0.25, -0.2) is 4.79 Å². The van der Waals surface area contributed by atoms with E-state index in [-0.39, 0.29) is 19.7 Å². The minimum atomic E-state index is -1.16. The first kappa shape index (κ1) is 17.9. The number of nitrogens with one attached hydrogen (secondary N) is 1. The molecule has 2 atom stereocenters. The summed E-state index contributed by atoms with van der Waals surface area (Å²) < 4.78 is 5.05.